The maximum atomic E-state index is 11.5. The first-order valence-electron chi connectivity index (χ1n) is 7.19. The number of para-hydroxylation sites is 1. The maximum absolute atomic E-state index is 11.5. The number of pyridine rings is 1. The van der Waals surface area contributed by atoms with E-state index in [0.29, 0.717) is 12.4 Å². The van der Waals surface area contributed by atoms with E-state index in [0.717, 1.165) is 16.7 Å². The van der Waals surface area contributed by atoms with Crippen LogP contribution < -0.4 is 4.74 Å². The highest BCUT2D eigenvalue weighted by Gasteiger charge is 2.16. The summed E-state index contributed by atoms with van der Waals surface area (Å²) in [7, 11) is 0. The molecule has 1 heterocycles. The molecule has 2 aromatic carbocycles. The van der Waals surface area contributed by atoms with Crippen molar-refractivity contribution in [3.05, 3.63) is 84.2 Å². The summed E-state index contributed by atoms with van der Waals surface area (Å²) in [5.41, 5.74) is 2.73. The molecule has 4 heteroatoms. The minimum atomic E-state index is -1.01. The molecule has 0 spiro atoms. The number of hydrogen-bond donors (Lipinski definition) is 1. The van der Waals surface area contributed by atoms with E-state index in [1.165, 1.54) is 0 Å². The second kappa shape index (κ2) is 6.75. The molecule has 3 aromatic rings. The van der Waals surface area contributed by atoms with Crippen molar-refractivity contribution in [3.8, 4) is 16.9 Å². The Labute approximate surface area is 134 Å². The summed E-state index contributed by atoms with van der Waals surface area (Å²) in [6, 6.07) is 18.4. The molecular weight excluding hydrogens is 290 g/mol. The molecule has 0 unspecified atom stereocenters. The standard InChI is InChI=1S/C19H15NO3/c21-19(22)17-8-4-7-16(15-9-11-20-12-10-15)18(17)23-13-14-5-2-1-3-6-14/h1-12H,13H2,(H,21,22). The Balaban J connectivity index is 2.00. The second-order valence-corrected chi connectivity index (χ2v) is 5.00. The molecule has 3 rings (SSSR count). The number of rotatable bonds is 5. The molecule has 1 aromatic heterocycles. The summed E-state index contributed by atoms with van der Waals surface area (Å²) in [5.74, 6) is -0.640. The SMILES string of the molecule is O=C(O)c1cccc(-c2ccncc2)c1OCc1ccccc1. The lowest BCUT2D eigenvalue weighted by molar-refractivity contribution is 0.0692. The van der Waals surface area contributed by atoms with Gasteiger partial charge in [0.2, 0.25) is 0 Å². The van der Waals surface area contributed by atoms with E-state index in [1.54, 1.807) is 24.5 Å². The molecule has 4 nitrogen and oxygen atoms in total. The molecule has 0 fully saturated rings. The fraction of sp³-hybridized carbons (Fsp3) is 0.0526. The number of benzene rings is 2. The van der Waals surface area contributed by atoms with Gasteiger partial charge in [0.1, 0.15) is 17.9 Å². The number of carboxylic acids is 1. The van der Waals surface area contributed by atoms with Gasteiger partial charge in [0.05, 0.1) is 0 Å². The molecule has 0 aliphatic heterocycles. The first kappa shape index (κ1) is 14.8. The molecule has 0 radical (unpaired) electrons. The van der Waals surface area contributed by atoms with Gasteiger partial charge in [0, 0.05) is 18.0 Å². The van der Waals surface area contributed by atoms with Crippen LogP contribution in [0.1, 0.15) is 15.9 Å². The van der Waals surface area contributed by atoms with Crippen molar-refractivity contribution in [2.45, 2.75) is 6.61 Å². The summed E-state index contributed by atoms with van der Waals surface area (Å²) in [6.45, 7) is 0.309. The minimum absolute atomic E-state index is 0.148. The Bertz CT molecular complexity index is 801. The molecule has 0 atom stereocenters. The molecule has 0 saturated heterocycles. The number of aromatic nitrogens is 1. The third-order valence-corrected chi connectivity index (χ3v) is 3.46. The van der Waals surface area contributed by atoms with Crippen molar-refractivity contribution in [2.75, 3.05) is 0 Å². The lowest BCUT2D eigenvalue weighted by Gasteiger charge is -2.14. The van der Waals surface area contributed by atoms with E-state index >= 15 is 0 Å². The van der Waals surface area contributed by atoms with Gasteiger partial charge in [0.25, 0.3) is 0 Å². The highest BCUT2D eigenvalue weighted by atomic mass is 16.5. The smallest absolute Gasteiger partial charge is 0.339 e. The lowest BCUT2D eigenvalue weighted by Crippen LogP contribution is -2.05. The zero-order chi connectivity index (χ0) is 16.1. The minimum Gasteiger partial charge on any atom is -0.487 e. The first-order chi connectivity index (χ1) is 11.3. The molecule has 1 N–H and O–H groups in total. The number of nitrogens with zero attached hydrogens (tertiary/aromatic N) is 1. The first-order valence-corrected chi connectivity index (χ1v) is 7.19. The fourth-order valence-electron chi connectivity index (χ4n) is 2.35. The van der Waals surface area contributed by atoms with Gasteiger partial charge in [-0.25, -0.2) is 4.79 Å². The van der Waals surface area contributed by atoms with Crippen LogP contribution in [0.25, 0.3) is 11.1 Å². The van der Waals surface area contributed by atoms with Crippen LogP contribution in [0.2, 0.25) is 0 Å². The van der Waals surface area contributed by atoms with E-state index in [2.05, 4.69) is 4.98 Å². The van der Waals surface area contributed by atoms with Gasteiger partial charge in [-0.05, 0) is 29.3 Å². The largest absolute Gasteiger partial charge is 0.487 e. The van der Waals surface area contributed by atoms with Crippen molar-refractivity contribution < 1.29 is 14.6 Å². The summed E-state index contributed by atoms with van der Waals surface area (Å²) in [6.07, 6.45) is 3.34. The Morgan fingerprint density at radius 3 is 2.39 bits per heavy atom. The van der Waals surface area contributed by atoms with Crippen LogP contribution in [0.3, 0.4) is 0 Å². The van der Waals surface area contributed by atoms with Gasteiger partial charge in [-0.3, -0.25) is 4.98 Å². The summed E-state index contributed by atoms with van der Waals surface area (Å²) in [5, 5.41) is 9.44. The fourth-order valence-corrected chi connectivity index (χ4v) is 2.35. The van der Waals surface area contributed by atoms with Crippen LogP contribution in [0, 0.1) is 0 Å². The zero-order valence-corrected chi connectivity index (χ0v) is 12.3. The predicted octanol–water partition coefficient (Wildman–Crippen LogP) is 4.03. The number of ether oxygens (including phenoxy) is 1. The molecule has 0 amide bonds. The van der Waals surface area contributed by atoms with Gasteiger partial charge in [-0.15, -0.1) is 0 Å². The van der Waals surface area contributed by atoms with Crippen LogP contribution in [-0.4, -0.2) is 16.1 Å². The van der Waals surface area contributed by atoms with Crippen LogP contribution in [0.4, 0.5) is 0 Å². The average molecular weight is 305 g/mol. The van der Waals surface area contributed by atoms with Gasteiger partial charge in [-0.1, -0.05) is 42.5 Å². The second-order valence-electron chi connectivity index (χ2n) is 5.00. The third-order valence-electron chi connectivity index (χ3n) is 3.46. The molecule has 0 bridgehead atoms. The molecule has 23 heavy (non-hydrogen) atoms. The van der Waals surface area contributed by atoms with E-state index in [4.69, 9.17) is 4.74 Å². The Kier molecular flexibility index (Phi) is 4.34. The van der Waals surface area contributed by atoms with Crippen molar-refractivity contribution in [1.29, 1.82) is 0 Å². The zero-order valence-electron chi connectivity index (χ0n) is 12.3. The lowest BCUT2D eigenvalue weighted by atomic mass is 10.0. The predicted molar refractivity (Wildman–Crippen MR) is 87.4 cm³/mol. The van der Waals surface area contributed by atoms with Crippen LogP contribution in [-0.2, 0) is 6.61 Å². The number of carboxylic acid groups (broad SMARTS) is 1. The molecule has 0 aliphatic carbocycles. The Hall–Kier alpha value is -3.14. The monoisotopic (exact) mass is 305 g/mol. The Morgan fingerprint density at radius 1 is 0.957 bits per heavy atom. The third kappa shape index (κ3) is 3.37. The van der Waals surface area contributed by atoms with E-state index in [-0.39, 0.29) is 5.56 Å². The van der Waals surface area contributed by atoms with Crippen LogP contribution >= 0.6 is 0 Å². The Morgan fingerprint density at radius 2 is 1.70 bits per heavy atom. The molecular formula is C19H15NO3. The molecule has 0 aliphatic rings. The van der Waals surface area contributed by atoms with Gasteiger partial charge in [0.15, 0.2) is 0 Å². The summed E-state index contributed by atoms with van der Waals surface area (Å²) < 4.78 is 5.87. The number of carbonyl (C=O) groups is 1. The van der Waals surface area contributed by atoms with Crippen LogP contribution in [0.15, 0.2) is 73.1 Å². The van der Waals surface area contributed by atoms with E-state index in [9.17, 15) is 9.90 Å². The normalized spacial score (nSPS) is 10.3. The van der Waals surface area contributed by atoms with Crippen molar-refractivity contribution in [3.63, 3.8) is 0 Å². The van der Waals surface area contributed by atoms with E-state index in [1.807, 2.05) is 48.5 Å². The molecule has 0 saturated carbocycles. The van der Waals surface area contributed by atoms with Crippen molar-refractivity contribution in [2.24, 2.45) is 0 Å². The highest BCUT2D eigenvalue weighted by Crippen LogP contribution is 2.33. The highest BCUT2D eigenvalue weighted by molar-refractivity contribution is 5.94. The summed E-state index contributed by atoms with van der Waals surface area (Å²) >= 11 is 0. The van der Waals surface area contributed by atoms with Crippen molar-refractivity contribution >= 4 is 5.97 Å². The number of hydrogen-bond acceptors (Lipinski definition) is 3. The average Bonchev–Trinajstić information content (AvgIpc) is 2.61. The van der Waals surface area contributed by atoms with Gasteiger partial charge in [-0.2, -0.15) is 0 Å². The number of aromatic carboxylic acids is 1. The molecule has 114 valence electrons. The van der Waals surface area contributed by atoms with Crippen molar-refractivity contribution in [1.82, 2.24) is 4.98 Å². The van der Waals surface area contributed by atoms with Crippen LogP contribution in [0.5, 0.6) is 5.75 Å². The summed E-state index contributed by atoms with van der Waals surface area (Å²) in [4.78, 5) is 15.5. The van der Waals surface area contributed by atoms with Gasteiger partial charge < -0.3 is 9.84 Å². The quantitative estimate of drug-likeness (QED) is 0.773. The topological polar surface area (TPSA) is 59.4 Å². The van der Waals surface area contributed by atoms with Gasteiger partial charge >= 0.3 is 5.97 Å². The maximum Gasteiger partial charge on any atom is 0.339 e. The van der Waals surface area contributed by atoms with E-state index < -0.39 is 5.97 Å².